The van der Waals surface area contributed by atoms with E-state index in [1.807, 2.05) is 0 Å². The molecule has 0 unspecified atom stereocenters. The van der Waals surface area contributed by atoms with Crippen LogP contribution in [0.3, 0.4) is 0 Å². The van der Waals surface area contributed by atoms with E-state index in [0.29, 0.717) is 10.9 Å². The molecule has 0 bridgehead atoms. The van der Waals surface area contributed by atoms with Crippen LogP contribution < -0.4 is 0 Å². The maximum absolute atomic E-state index is 10.8. The highest BCUT2D eigenvalue weighted by Crippen LogP contribution is 2.07. The van der Waals surface area contributed by atoms with Crippen molar-refractivity contribution in [2.24, 2.45) is 0 Å². The number of allylic oxidation sites excluding steroid dienone is 1. The first-order valence-electron chi connectivity index (χ1n) is 3.06. The number of carbonyl (C=O) groups excluding carboxylic acids is 1. The standard InChI is InChI=1S/C7H11BrO/c1-3-4-5-7(9)6(2)8/h2-5H2,1H3. The van der Waals surface area contributed by atoms with Gasteiger partial charge in [0.25, 0.3) is 0 Å². The van der Waals surface area contributed by atoms with Gasteiger partial charge in [-0.15, -0.1) is 0 Å². The van der Waals surface area contributed by atoms with Gasteiger partial charge in [-0.1, -0.05) is 19.9 Å². The van der Waals surface area contributed by atoms with E-state index in [4.69, 9.17) is 0 Å². The molecule has 0 aliphatic heterocycles. The molecule has 0 aliphatic rings. The van der Waals surface area contributed by atoms with Crippen molar-refractivity contribution in [2.75, 3.05) is 0 Å². The number of halogens is 1. The van der Waals surface area contributed by atoms with Gasteiger partial charge in [0.15, 0.2) is 5.78 Å². The van der Waals surface area contributed by atoms with E-state index >= 15 is 0 Å². The molecule has 0 spiro atoms. The molecule has 0 N–H and O–H groups in total. The number of unbranched alkanes of at least 4 members (excludes halogenated alkanes) is 1. The quantitative estimate of drug-likeness (QED) is 0.624. The zero-order valence-corrected chi connectivity index (χ0v) is 7.20. The van der Waals surface area contributed by atoms with Crippen LogP contribution in [0.5, 0.6) is 0 Å². The Kier molecular flexibility index (Phi) is 4.68. The van der Waals surface area contributed by atoms with Crippen molar-refractivity contribution >= 4 is 21.7 Å². The van der Waals surface area contributed by atoms with E-state index in [9.17, 15) is 4.79 Å². The normalized spacial score (nSPS) is 9.11. The SMILES string of the molecule is C=C(Br)C(=O)CCCC. The van der Waals surface area contributed by atoms with E-state index < -0.39 is 0 Å². The molecule has 0 aliphatic carbocycles. The highest BCUT2D eigenvalue weighted by Gasteiger charge is 2.00. The van der Waals surface area contributed by atoms with E-state index in [-0.39, 0.29) is 5.78 Å². The highest BCUT2D eigenvalue weighted by molar-refractivity contribution is 9.12. The lowest BCUT2D eigenvalue weighted by molar-refractivity contribution is -0.114. The summed E-state index contributed by atoms with van der Waals surface area (Å²) in [6.45, 7) is 5.53. The highest BCUT2D eigenvalue weighted by atomic mass is 79.9. The van der Waals surface area contributed by atoms with Gasteiger partial charge in [0.2, 0.25) is 0 Å². The second-order valence-electron chi connectivity index (χ2n) is 1.93. The molecule has 0 radical (unpaired) electrons. The third-order valence-electron chi connectivity index (χ3n) is 1.06. The Labute approximate surface area is 64.3 Å². The van der Waals surface area contributed by atoms with Crippen molar-refractivity contribution < 1.29 is 4.79 Å². The predicted octanol–water partition coefficient (Wildman–Crippen LogP) is 2.65. The topological polar surface area (TPSA) is 17.1 Å². The zero-order chi connectivity index (χ0) is 7.28. The Hall–Kier alpha value is -0.110. The Morgan fingerprint density at radius 1 is 1.67 bits per heavy atom. The lowest BCUT2D eigenvalue weighted by atomic mass is 10.2. The average molecular weight is 191 g/mol. The number of rotatable bonds is 4. The Morgan fingerprint density at radius 3 is 2.56 bits per heavy atom. The molecule has 0 atom stereocenters. The lowest BCUT2D eigenvalue weighted by Gasteiger charge is -1.93. The van der Waals surface area contributed by atoms with Crippen molar-refractivity contribution in [1.82, 2.24) is 0 Å². The molecule has 0 rings (SSSR count). The molecule has 0 aromatic heterocycles. The van der Waals surface area contributed by atoms with E-state index in [2.05, 4.69) is 29.4 Å². The van der Waals surface area contributed by atoms with Gasteiger partial charge in [0.1, 0.15) is 0 Å². The minimum atomic E-state index is 0.122. The minimum absolute atomic E-state index is 0.122. The fourth-order valence-electron chi connectivity index (χ4n) is 0.473. The van der Waals surface area contributed by atoms with Crippen molar-refractivity contribution in [2.45, 2.75) is 26.2 Å². The third-order valence-corrected chi connectivity index (χ3v) is 1.50. The van der Waals surface area contributed by atoms with Gasteiger partial charge >= 0.3 is 0 Å². The summed E-state index contributed by atoms with van der Waals surface area (Å²) >= 11 is 3.03. The van der Waals surface area contributed by atoms with E-state index in [1.54, 1.807) is 0 Å². The van der Waals surface area contributed by atoms with Crippen molar-refractivity contribution in [3.63, 3.8) is 0 Å². The first-order chi connectivity index (χ1) is 4.18. The Balaban J connectivity index is 3.39. The number of hydrogen-bond donors (Lipinski definition) is 0. The van der Waals surface area contributed by atoms with Crippen LogP contribution in [0.4, 0.5) is 0 Å². The number of ketones is 1. The average Bonchev–Trinajstić information content (AvgIpc) is 1.82. The largest absolute Gasteiger partial charge is 0.294 e. The molecule has 0 saturated heterocycles. The van der Waals surface area contributed by atoms with Crippen LogP contribution >= 0.6 is 15.9 Å². The first kappa shape index (κ1) is 8.89. The Bertz CT molecular complexity index is 118. The van der Waals surface area contributed by atoms with Crippen LogP contribution in [0, 0.1) is 0 Å². The van der Waals surface area contributed by atoms with Crippen LogP contribution in [0.25, 0.3) is 0 Å². The fourth-order valence-corrected chi connectivity index (χ4v) is 0.671. The van der Waals surface area contributed by atoms with Gasteiger partial charge in [-0.2, -0.15) is 0 Å². The number of carbonyl (C=O) groups is 1. The summed E-state index contributed by atoms with van der Waals surface area (Å²) in [5, 5.41) is 0. The second-order valence-corrected chi connectivity index (χ2v) is 2.89. The summed E-state index contributed by atoms with van der Waals surface area (Å²) < 4.78 is 0.496. The molecule has 52 valence electrons. The van der Waals surface area contributed by atoms with Gasteiger partial charge in [-0.25, -0.2) is 0 Å². The maximum Gasteiger partial charge on any atom is 0.169 e. The van der Waals surface area contributed by atoms with Gasteiger partial charge in [-0.05, 0) is 22.4 Å². The molecule has 0 amide bonds. The molecule has 0 aromatic carbocycles. The summed E-state index contributed by atoms with van der Waals surface area (Å²) in [6, 6.07) is 0. The molecule has 2 heteroatoms. The summed E-state index contributed by atoms with van der Waals surface area (Å²) in [6.07, 6.45) is 2.65. The fraction of sp³-hybridized carbons (Fsp3) is 0.571. The van der Waals surface area contributed by atoms with Gasteiger partial charge in [0.05, 0.1) is 4.48 Å². The van der Waals surface area contributed by atoms with Crippen LogP contribution in [0.1, 0.15) is 26.2 Å². The van der Waals surface area contributed by atoms with Crippen LogP contribution in [0.2, 0.25) is 0 Å². The maximum atomic E-state index is 10.8. The molecule has 0 aromatic rings. The van der Waals surface area contributed by atoms with Crippen LogP contribution in [-0.4, -0.2) is 5.78 Å². The second kappa shape index (κ2) is 4.74. The predicted molar refractivity (Wildman–Crippen MR) is 42.6 cm³/mol. The minimum Gasteiger partial charge on any atom is -0.294 e. The lowest BCUT2D eigenvalue weighted by Crippen LogP contribution is -1.94. The van der Waals surface area contributed by atoms with Crippen molar-refractivity contribution in [1.29, 1.82) is 0 Å². The monoisotopic (exact) mass is 190 g/mol. The van der Waals surface area contributed by atoms with Crippen LogP contribution in [-0.2, 0) is 4.79 Å². The first-order valence-corrected chi connectivity index (χ1v) is 3.85. The molecule has 0 fully saturated rings. The zero-order valence-electron chi connectivity index (χ0n) is 5.61. The number of hydrogen-bond acceptors (Lipinski definition) is 1. The third kappa shape index (κ3) is 4.40. The van der Waals surface area contributed by atoms with Gasteiger partial charge < -0.3 is 0 Å². The van der Waals surface area contributed by atoms with E-state index in [0.717, 1.165) is 12.8 Å². The van der Waals surface area contributed by atoms with Crippen molar-refractivity contribution in [3.8, 4) is 0 Å². The molecule has 9 heavy (non-hydrogen) atoms. The number of Topliss-reactive ketones (excluding diaryl/α,β-unsaturated/α-hetero) is 1. The molecule has 1 nitrogen and oxygen atoms in total. The van der Waals surface area contributed by atoms with Crippen LogP contribution in [0.15, 0.2) is 11.1 Å². The van der Waals surface area contributed by atoms with Gasteiger partial charge in [-0.3, -0.25) is 4.79 Å². The van der Waals surface area contributed by atoms with Crippen molar-refractivity contribution in [3.05, 3.63) is 11.1 Å². The summed E-state index contributed by atoms with van der Waals surface area (Å²) in [5.41, 5.74) is 0. The van der Waals surface area contributed by atoms with E-state index in [1.165, 1.54) is 0 Å². The Morgan fingerprint density at radius 2 is 2.22 bits per heavy atom. The molecular formula is C7H11BrO. The summed E-state index contributed by atoms with van der Waals surface area (Å²) in [4.78, 5) is 10.8. The molecule has 0 heterocycles. The summed E-state index contributed by atoms with van der Waals surface area (Å²) in [7, 11) is 0. The molecule has 0 saturated carbocycles. The smallest absolute Gasteiger partial charge is 0.169 e. The molecular weight excluding hydrogens is 180 g/mol. The van der Waals surface area contributed by atoms with Gasteiger partial charge in [0, 0.05) is 6.42 Å². The summed E-state index contributed by atoms with van der Waals surface area (Å²) in [5.74, 6) is 0.122.